The Bertz CT molecular complexity index is 203. The van der Waals surface area contributed by atoms with Crippen LogP contribution < -0.4 is 22.9 Å². The van der Waals surface area contributed by atoms with Crippen molar-refractivity contribution in [3.63, 3.8) is 0 Å². The first-order valence-electron chi connectivity index (χ1n) is 6.03. The molecule has 0 aliphatic rings. The summed E-state index contributed by atoms with van der Waals surface area (Å²) in [5, 5.41) is 0. The van der Waals surface area contributed by atoms with E-state index in [1.165, 1.54) is 0 Å². The summed E-state index contributed by atoms with van der Waals surface area (Å²) in [6, 6.07) is 0.803. The second-order valence-corrected chi connectivity index (χ2v) is 8.05. The maximum Gasteiger partial charge on any atom is 0.335 e. The van der Waals surface area contributed by atoms with Gasteiger partial charge in [-0.25, -0.2) is 0 Å². The van der Waals surface area contributed by atoms with E-state index in [4.69, 9.17) is 31.8 Å². The van der Waals surface area contributed by atoms with Crippen LogP contribution in [0.4, 0.5) is 0 Å². The SMILES string of the molecule is CO[Si](C)(CCC(N)(CCN)CCN)OCN. The van der Waals surface area contributed by atoms with Crippen molar-refractivity contribution in [2.75, 3.05) is 26.9 Å². The summed E-state index contributed by atoms with van der Waals surface area (Å²) in [7, 11) is -0.519. The summed E-state index contributed by atoms with van der Waals surface area (Å²) in [6.07, 6.45) is 2.33. The number of hydrogen-bond acceptors (Lipinski definition) is 6. The largest absolute Gasteiger partial charge is 0.398 e. The molecule has 0 rings (SSSR count). The van der Waals surface area contributed by atoms with Crippen LogP contribution in [-0.4, -0.2) is 41.0 Å². The monoisotopic (exact) mass is 264 g/mol. The molecule has 0 aromatic carbocycles. The van der Waals surface area contributed by atoms with Crippen LogP contribution in [0.2, 0.25) is 12.6 Å². The summed E-state index contributed by atoms with van der Waals surface area (Å²) in [4.78, 5) is 0. The summed E-state index contributed by atoms with van der Waals surface area (Å²) < 4.78 is 11.0. The summed E-state index contributed by atoms with van der Waals surface area (Å²) >= 11 is 0. The minimum absolute atomic E-state index is 0.182. The Kier molecular flexibility index (Phi) is 8.13. The van der Waals surface area contributed by atoms with Crippen LogP contribution in [0.3, 0.4) is 0 Å². The van der Waals surface area contributed by atoms with Crippen LogP contribution in [0.25, 0.3) is 0 Å². The predicted molar refractivity (Wildman–Crippen MR) is 72.5 cm³/mol. The fourth-order valence-corrected chi connectivity index (χ4v) is 3.61. The van der Waals surface area contributed by atoms with Crippen molar-refractivity contribution in [1.82, 2.24) is 0 Å². The van der Waals surface area contributed by atoms with Crippen LogP contribution in [0, 0.1) is 0 Å². The molecule has 0 aromatic heterocycles. The number of rotatable bonds is 10. The van der Waals surface area contributed by atoms with Crippen LogP contribution >= 0.6 is 0 Å². The topological polar surface area (TPSA) is 123 Å². The van der Waals surface area contributed by atoms with Crippen molar-refractivity contribution < 1.29 is 8.85 Å². The van der Waals surface area contributed by atoms with E-state index in [9.17, 15) is 0 Å². The van der Waals surface area contributed by atoms with Gasteiger partial charge in [0, 0.05) is 12.6 Å². The van der Waals surface area contributed by atoms with E-state index in [0.717, 1.165) is 25.3 Å². The third kappa shape index (κ3) is 6.46. The Balaban J connectivity index is 4.35. The van der Waals surface area contributed by atoms with Crippen LogP contribution in [0.1, 0.15) is 19.3 Å². The zero-order valence-corrected chi connectivity index (χ0v) is 12.1. The molecule has 0 aliphatic carbocycles. The fraction of sp³-hybridized carbons (Fsp3) is 1.00. The molecular formula is C10H28N4O2Si. The van der Waals surface area contributed by atoms with E-state index in [2.05, 4.69) is 0 Å². The maximum absolute atomic E-state index is 6.30. The molecule has 0 aromatic rings. The summed E-state index contributed by atoms with van der Waals surface area (Å²) in [5.74, 6) is 0. The van der Waals surface area contributed by atoms with E-state index >= 15 is 0 Å². The van der Waals surface area contributed by atoms with Gasteiger partial charge in [0.2, 0.25) is 0 Å². The molecule has 17 heavy (non-hydrogen) atoms. The quantitative estimate of drug-likeness (QED) is 0.309. The molecule has 7 heteroatoms. The molecule has 0 amide bonds. The van der Waals surface area contributed by atoms with Crippen molar-refractivity contribution in [2.45, 2.75) is 37.4 Å². The Morgan fingerprint density at radius 3 is 1.94 bits per heavy atom. The molecule has 104 valence electrons. The molecule has 0 fully saturated rings. The highest BCUT2D eigenvalue weighted by Crippen LogP contribution is 2.24. The first-order chi connectivity index (χ1) is 7.95. The van der Waals surface area contributed by atoms with Crippen molar-refractivity contribution in [2.24, 2.45) is 22.9 Å². The Morgan fingerprint density at radius 1 is 1.06 bits per heavy atom. The smallest absolute Gasteiger partial charge is 0.335 e. The number of hydrogen-bond donors (Lipinski definition) is 4. The average molecular weight is 264 g/mol. The third-order valence-corrected chi connectivity index (χ3v) is 5.98. The Labute approximate surface area is 105 Å². The molecule has 0 saturated heterocycles. The van der Waals surface area contributed by atoms with E-state index < -0.39 is 8.56 Å². The van der Waals surface area contributed by atoms with E-state index in [0.29, 0.717) is 13.1 Å². The molecular weight excluding hydrogens is 236 g/mol. The lowest BCUT2D eigenvalue weighted by molar-refractivity contribution is 0.204. The predicted octanol–water partition coefficient (Wildman–Crippen LogP) is -0.577. The van der Waals surface area contributed by atoms with Gasteiger partial charge < -0.3 is 31.8 Å². The Morgan fingerprint density at radius 2 is 1.59 bits per heavy atom. The highest BCUT2D eigenvalue weighted by atomic mass is 28.4. The van der Waals surface area contributed by atoms with Crippen molar-refractivity contribution in [3.8, 4) is 0 Å². The van der Waals surface area contributed by atoms with Gasteiger partial charge in [0.05, 0.1) is 6.73 Å². The first-order valence-corrected chi connectivity index (χ1v) is 8.56. The molecule has 0 saturated carbocycles. The third-order valence-electron chi connectivity index (χ3n) is 3.18. The van der Waals surface area contributed by atoms with Crippen LogP contribution in [-0.2, 0) is 8.85 Å². The number of nitrogens with two attached hydrogens (primary N) is 4. The summed E-state index contributed by atoms with van der Waals surface area (Å²) in [6.45, 7) is 3.31. The minimum Gasteiger partial charge on any atom is -0.398 e. The van der Waals surface area contributed by atoms with Crippen molar-refractivity contribution in [1.29, 1.82) is 0 Å². The molecule has 0 spiro atoms. The van der Waals surface area contributed by atoms with Gasteiger partial charge in [-0.15, -0.1) is 0 Å². The van der Waals surface area contributed by atoms with Gasteiger partial charge in [-0.2, -0.15) is 0 Å². The normalized spacial score (nSPS) is 15.9. The zero-order valence-electron chi connectivity index (χ0n) is 11.1. The maximum atomic E-state index is 6.30. The molecule has 1 unspecified atom stereocenters. The van der Waals surface area contributed by atoms with Gasteiger partial charge in [0.25, 0.3) is 0 Å². The lowest BCUT2D eigenvalue weighted by Gasteiger charge is -2.32. The second kappa shape index (κ2) is 8.14. The lowest BCUT2D eigenvalue weighted by atomic mass is 9.89. The van der Waals surface area contributed by atoms with Gasteiger partial charge in [0.1, 0.15) is 0 Å². The molecule has 1 atom stereocenters. The highest BCUT2D eigenvalue weighted by molar-refractivity contribution is 6.65. The molecule has 0 bridgehead atoms. The van der Waals surface area contributed by atoms with Crippen molar-refractivity contribution in [3.05, 3.63) is 0 Å². The average Bonchev–Trinajstić information content (AvgIpc) is 2.28. The Hall–Kier alpha value is -0.0231. The van der Waals surface area contributed by atoms with E-state index in [1.54, 1.807) is 7.11 Å². The van der Waals surface area contributed by atoms with Crippen LogP contribution in [0.15, 0.2) is 0 Å². The molecule has 0 radical (unpaired) electrons. The fourth-order valence-electron chi connectivity index (χ4n) is 1.84. The molecule has 0 heterocycles. The molecule has 6 nitrogen and oxygen atoms in total. The van der Waals surface area contributed by atoms with Gasteiger partial charge in [-0.3, -0.25) is 0 Å². The van der Waals surface area contributed by atoms with Gasteiger partial charge in [-0.05, 0) is 44.9 Å². The van der Waals surface area contributed by atoms with E-state index in [1.807, 2.05) is 6.55 Å². The lowest BCUT2D eigenvalue weighted by Crippen LogP contribution is -2.47. The zero-order chi connectivity index (χ0) is 13.4. The minimum atomic E-state index is -2.18. The standard InChI is InChI=1S/C10H28N4O2Si/c1-15-17(2,16-9-13)8-5-10(14,3-6-11)4-7-12/h3-9,11-14H2,1-2H3. The van der Waals surface area contributed by atoms with Gasteiger partial charge in [0.15, 0.2) is 0 Å². The second-order valence-electron chi connectivity index (χ2n) is 4.59. The van der Waals surface area contributed by atoms with Crippen molar-refractivity contribution >= 4 is 8.56 Å². The first kappa shape index (κ1) is 17.0. The summed E-state index contributed by atoms with van der Waals surface area (Å²) in [5.41, 5.74) is 22.6. The molecule has 0 aliphatic heterocycles. The van der Waals surface area contributed by atoms with E-state index in [-0.39, 0.29) is 12.3 Å². The van der Waals surface area contributed by atoms with Gasteiger partial charge in [-0.1, -0.05) is 0 Å². The molecule has 8 N–H and O–H groups in total. The van der Waals surface area contributed by atoms with Gasteiger partial charge >= 0.3 is 8.56 Å². The van der Waals surface area contributed by atoms with Crippen LogP contribution in [0.5, 0.6) is 0 Å². The highest BCUT2D eigenvalue weighted by Gasteiger charge is 2.34.